The minimum atomic E-state index is -0.705. The molecule has 3 aromatic rings. The quantitative estimate of drug-likeness (QED) is 0.489. The molecule has 27 heavy (non-hydrogen) atoms. The number of thiocarbonyl (C=S) groups is 1. The van der Waals surface area contributed by atoms with E-state index in [4.69, 9.17) is 21.7 Å². The van der Waals surface area contributed by atoms with Crippen LogP contribution in [0, 0.1) is 0 Å². The van der Waals surface area contributed by atoms with Gasteiger partial charge < -0.3 is 19.1 Å². The van der Waals surface area contributed by atoms with Crippen LogP contribution in [0.2, 0.25) is 0 Å². The Hall–Kier alpha value is -2.86. The highest BCUT2D eigenvalue weighted by Gasteiger charge is 2.28. The van der Waals surface area contributed by atoms with Gasteiger partial charge in [-0.1, -0.05) is 36.4 Å². The summed E-state index contributed by atoms with van der Waals surface area (Å²) in [6, 6.07) is 15.8. The molecule has 0 unspecified atom stereocenters. The third-order valence-electron chi connectivity index (χ3n) is 4.55. The number of aliphatic hydroxyl groups excluding tert-OH is 1. The summed E-state index contributed by atoms with van der Waals surface area (Å²) in [6.45, 7) is 0.641. The average molecular weight is 383 g/mol. The molecule has 3 rings (SSSR count). The van der Waals surface area contributed by atoms with Crippen molar-refractivity contribution in [2.45, 2.75) is 18.9 Å². The Bertz CT molecular complexity index is 965. The number of methoxy groups -OCH3 is 2. The van der Waals surface area contributed by atoms with Crippen molar-refractivity contribution in [3.63, 3.8) is 0 Å². The maximum Gasteiger partial charge on any atom is 0.313 e. The van der Waals surface area contributed by atoms with Crippen LogP contribution >= 0.6 is 12.2 Å². The fourth-order valence-electron chi connectivity index (χ4n) is 3.33. The number of carbonyl (C=O) groups excluding carboxylic acids is 1. The first kappa shape index (κ1) is 18.9. The SMILES string of the molecule is COC(=O)[C@H](CC(O)=S)c1cn(Cc2ccccc2)c2cccc(OC)c12. The number of fused-ring (bicyclic) bond motifs is 1. The van der Waals surface area contributed by atoms with E-state index in [1.807, 2.05) is 54.7 Å². The van der Waals surface area contributed by atoms with Crippen LogP contribution in [0.3, 0.4) is 0 Å². The number of nitrogens with zero attached hydrogens (tertiary/aromatic N) is 1. The third kappa shape index (κ3) is 3.95. The number of hydrogen-bond donors (Lipinski definition) is 1. The smallest absolute Gasteiger partial charge is 0.313 e. The van der Waals surface area contributed by atoms with E-state index in [0.717, 1.165) is 22.0 Å². The molecule has 0 aliphatic heterocycles. The van der Waals surface area contributed by atoms with Gasteiger partial charge in [-0.3, -0.25) is 4.79 Å². The second-order valence-electron chi connectivity index (χ2n) is 6.23. The molecule has 1 aromatic heterocycles. The van der Waals surface area contributed by atoms with E-state index in [0.29, 0.717) is 12.3 Å². The standard InChI is InChI=1S/C21H21NO4S/c1-25-18-10-6-9-17-20(18)16(15(11-19(23)27)21(24)26-2)13-22(17)12-14-7-4-3-5-8-14/h3-10,13,15H,11-12H2,1-2H3,(H,23,27)/t15-/m1/s1. The zero-order valence-electron chi connectivity index (χ0n) is 15.2. The number of esters is 1. The fraction of sp³-hybridized carbons (Fsp3) is 0.238. The third-order valence-corrected chi connectivity index (χ3v) is 4.72. The zero-order valence-corrected chi connectivity index (χ0v) is 16.0. The summed E-state index contributed by atoms with van der Waals surface area (Å²) in [6.07, 6.45) is 1.94. The van der Waals surface area contributed by atoms with E-state index in [1.54, 1.807) is 7.11 Å². The lowest BCUT2D eigenvalue weighted by molar-refractivity contribution is -0.142. The molecule has 0 amide bonds. The molecule has 0 saturated carbocycles. The average Bonchev–Trinajstić information content (AvgIpc) is 3.04. The zero-order chi connectivity index (χ0) is 19.4. The summed E-state index contributed by atoms with van der Waals surface area (Å²) < 4.78 is 12.6. The molecule has 2 aromatic carbocycles. The second-order valence-corrected chi connectivity index (χ2v) is 6.70. The van der Waals surface area contributed by atoms with Gasteiger partial charge in [-0.15, -0.1) is 0 Å². The summed E-state index contributed by atoms with van der Waals surface area (Å²) in [5, 5.41) is 10.2. The van der Waals surface area contributed by atoms with Gasteiger partial charge in [0.25, 0.3) is 0 Å². The number of carbonyl (C=O) groups is 1. The van der Waals surface area contributed by atoms with E-state index in [-0.39, 0.29) is 11.5 Å². The van der Waals surface area contributed by atoms with Gasteiger partial charge in [-0.05, 0) is 35.5 Å². The van der Waals surface area contributed by atoms with Gasteiger partial charge in [0, 0.05) is 24.5 Å². The number of aromatic nitrogens is 1. The van der Waals surface area contributed by atoms with Gasteiger partial charge in [-0.25, -0.2) is 0 Å². The van der Waals surface area contributed by atoms with Crippen molar-refractivity contribution >= 4 is 34.1 Å². The van der Waals surface area contributed by atoms with E-state index in [2.05, 4.69) is 4.57 Å². The molecule has 0 spiro atoms. The highest BCUT2D eigenvalue weighted by atomic mass is 32.1. The molecule has 6 heteroatoms. The number of rotatable bonds is 7. The van der Waals surface area contributed by atoms with Gasteiger partial charge >= 0.3 is 5.97 Å². The molecular weight excluding hydrogens is 362 g/mol. The molecule has 1 heterocycles. The summed E-state index contributed by atoms with van der Waals surface area (Å²) in [5.41, 5.74) is 2.80. The number of ether oxygens (including phenoxy) is 2. The van der Waals surface area contributed by atoms with Crippen LogP contribution in [0.15, 0.2) is 54.7 Å². The minimum absolute atomic E-state index is 0.0184. The molecule has 1 N–H and O–H groups in total. The number of aliphatic hydroxyl groups is 1. The van der Waals surface area contributed by atoms with E-state index < -0.39 is 11.9 Å². The van der Waals surface area contributed by atoms with Gasteiger partial charge in [0.2, 0.25) is 0 Å². The predicted octanol–water partition coefficient (Wildman–Crippen LogP) is 4.23. The van der Waals surface area contributed by atoms with Crippen LogP contribution in [0.4, 0.5) is 0 Å². The lowest BCUT2D eigenvalue weighted by Crippen LogP contribution is -2.17. The first-order chi connectivity index (χ1) is 13.0. The van der Waals surface area contributed by atoms with Gasteiger partial charge in [0.15, 0.2) is 5.05 Å². The maximum absolute atomic E-state index is 12.4. The van der Waals surface area contributed by atoms with E-state index in [1.165, 1.54) is 7.11 Å². The summed E-state index contributed by atoms with van der Waals surface area (Å²) in [7, 11) is 2.92. The Morgan fingerprint density at radius 2 is 1.89 bits per heavy atom. The van der Waals surface area contributed by atoms with Gasteiger partial charge in [0.05, 0.1) is 25.7 Å². The Balaban J connectivity index is 2.18. The molecule has 0 saturated heterocycles. The highest BCUT2D eigenvalue weighted by molar-refractivity contribution is 7.80. The molecule has 0 radical (unpaired) electrons. The largest absolute Gasteiger partial charge is 0.502 e. The fourth-order valence-corrected chi connectivity index (χ4v) is 3.50. The molecule has 5 nitrogen and oxygen atoms in total. The summed E-state index contributed by atoms with van der Waals surface area (Å²) >= 11 is 4.84. The molecular formula is C21H21NO4S. The topological polar surface area (TPSA) is 60.7 Å². The lowest BCUT2D eigenvalue weighted by atomic mass is 9.95. The predicted molar refractivity (Wildman–Crippen MR) is 109 cm³/mol. The Labute approximate surface area is 163 Å². The maximum atomic E-state index is 12.4. The Kier molecular flexibility index (Phi) is 5.76. The van der Waals surface area contributed by atoms with Crippen LogP contribution in [-0.4, -0.2) is 34.9 Å². The highest BCUT2D eigenvalue weighted by Crippen LogP contribution is 2.37. The molecule has 0 aliphatic rings. The van der Waals surface area contributed by atoms with Crippen molar-refractivity contribution in [2.24, 2.45) is 0 Å². The van der Waals surface area contributed by atoms with Gasteiger partial charge in [0.1, 0.15) is 5.75 Å². The molecule has 0 bridgehead atoms. The van der Waals surface area contributed by atoms with Crippen molar-refractivity contribution in [3.05, 3.63) is 65.9 Å². The van der Waals surface area contributed by atoms with Crippen LogP contribution in [0.5, 0.6) is 5.75 Å². The molecule has 1 atom stereocenters. The number of hydrogen-bond acceptors (Lipinski definition) is 4. The molecule has 0 aliphatic carbocycles. The first-order valence-electron chi connectivity index (χ1n) is 8.54. The Morgan fingerprint density at radius 3 is 2.52 bits per heavy atom. The molecule has 0 fully saturated rings. The van der Waals surface area contributed by atoms with Gasteiger partial charge in [-0.2, -0.15) is 0 Å². The Morgan fingerprint density at radius 1 is 1.15 bits per heavy atom. The van der Waals surface area contributed by atoms with E-state index in [9.17, 15) is 9.90 Å². The van der Waals surface area contributed by atoms with Crippen molar-refractivity contribution in [1.29, 1.82) is 0 Å². The van der Waals surface area contributed by atoms with Crippen molar-refractivity contribution in [3.8, 4) is 5.75 Å². The normalized spacial score (nSPS) is 11.9. The van der Waals surface area contributed by atoms with E-state index >= 15 is 0 Å². The van der Waals surface area contributed by atoms with Crippen LogP contribution in [-0.2, 0) is 16.1 Å². The monoisotopic (exact) mass is 383 g/mol. The van der Waals surface area contributed by atoms with Crippen LogP contribution in [0.25, 0.3) is 10.9 Å². The van der Waals surface area contributed by atoms with Crippen molar-refractivity contribution < 1.29 is 19.4 Å². The summed E-state index contributed by atoms with van der Waals surface area (Å²) in [4.78, 5) is 12.4. The van der Waals surface area contributed by atoms with Crippen molar-refractivity contribution in [2.75, 3.05) is 14.2 Å². The lowest BCUT2D eigenvalue weighted by Gasteiger charge is -2.14. The molecule has 140 valence electrons. The van der Waals surface area contributed by atoms with Crippen LogP contribution in [0.1, 0.15) is 23.5 Å². The van der Waals surface area contributed by atoms with Crippen LogP contribution < -0.4 is 4.74 Å². The minimum Gasteiger partial charge on any atom is -0.502 e. The second kappa shape index (κ2) is 8.22. The first-order valence-corrected chi connectivity index (χ1v) is 8.95. The van der Waals surface area contributed by atoms with Crippen molar-refractivity contribution in [1.82, 2.24) is 4.57 Å². The summed E-state index contributed by atoms with van der Waals surface area (Å²) in [5.74, 6) is -0.494. The number of benzene rings is 2.